The van der Waals surface area contributed by atoms with Gasteiger partial charge in [0.1, 0.15) is 5.75 Å². The molecule has 9 heteroatoms. The van der Waals surface area contributed by atoms with Crippen LogP contribution in [-0.2, 0) is 10.0 Å². The first-order valence-corrected chi connectivity index (χ1v) is 10.8. The number of ether oxygens (including phenoxy) is 1. The Bertz CT molecular complexity index is 695. The van der Waals surface area contributed by atoms with Crippen LogP contribution in [0.3, 0.4) is 0 Å². The van der Waals surface area contributed by atoms with Crippen LogP contribution in [0, 0.1) is 0 Å². The minimum atomic E-state index is -3.16. The third kappa shape index (κ3) is 7.46. The van der Waals surface area contributed by atoms with E-state index >= 15 is 0 Å². The Hall–Kier alpha value is -1.07. The minimum absolute atomic E-state index is 0. The van der Waals surface area contributed by atoms with Crippen molar-refractivity contribution in [1.82, 2.24) is 14.9 Å². The Kier molecular flexibility index (Phi) is 10.4. The second kappa shape index (κ2) is 11.7. The summed E-state index contributed by atoms with van der Waals surface area (Å²) in [6.07, 6.45) is 1.07. The fourth-order valence-corrected chi connectivity index (χ4v) is 3.60. The largest absolute Gasteiger partial charge is 0.497 e. The molecule has 0 spiro atoms. The van der Waals surface area contributed by atoms with Gasteiger partial charge in [-0.15, -0.1) is 24.0 Å². The van der Waals surface area contributed by atoms with E-state index in [4.69, 9.17) is 4.74 Å². The number of rotatable bonds is 8. The molecule has 1 atom stereocenters. The molecule has 1 aromatic rings. The summed E-state index contributed by atoms with van der Waals surface area (Å²) in [4.78, 5) is 6.82. The van der Waals surface area contributed by atoms with E-state index in [0.717, 1.165) is 37.8 Å². The second-order valence-electron chi connectivity index (χ2n) is 6.24. The Labute approximate surface area is 180 Å². The van der Waals surface area contributed by atoms with Gasteiger partial charge in [0.15, 0.2) is 5.96 Å². The van der Waals surface area contributed by atoms with Crippen LogP contribution in [0.1, 0.15) is 31.7 Å². The van der Waals surface area contributed by atoms with Crippen LogP contribution in [0.5, 0.6) is 5.75 Å². The molecule has 0 saturated carbocycles. The summed E-state index contributed by atoms with van der Waals surface area (Å²) >= 11 is 0. The maximum Gasteiger partial charge on any atom is 0.211 e. The normalized spacial score (nSPS) is 17.5. The number of hydrogen-bond donors (Lipinski definition) is 2. The predicted molar refractivity (Wildman–Crippen MR) is 121 cm³/mol. The first-order chi connectivity index (χ1) is 12.5. The predicted octanol–water partition coefficient (Wildman–Crippen LogP) is 2.01. The number of benzene rings is 1. The van der Waals surface area contributed by atoms with Gasteiger partial charge in [-0.25, -0.2) is 13.1 Å². The summed E-state index contributed by atoms with van der Waals surface area (Å²) in [5.41, 5.74) is 1.31. The van der Waals surface area contributed by atoms with Crippen molar-refractivity contribution in [2.24, 2.45) is 4.99 Å². The van der Waals surface area contributed by atoms with Crippen LogP contribution >= 0.6 is 24.0 Å². The Morgan fingerprint density at radius 3 is 2.59 bits per heavy atom. The van der Waals surface area contributed by atoms with Crippen molar-refractivity contribution in [2.45, 2.75) is 26.2 Å². The molecule has 2 N–H and O–H groups in total. The molecule has 7 nitrogen and oxygen atoms in total. The van der Waals surface area contributed by atoms with Gasteiger partial charge in [0.2, 0.25) is 10.0 Å². The third-order valence-corrected chi connectivity index (χ3v) is 5.89. The molecule has 0 aromatic heterocycles. The molecular formula is C18H31IN4O3S. The van der Waals surface area contributed by atoms with Gasteiger partial charge in [-0.1, -0.05) is 12.1 Å². The lowest BCUT2D eigenvalue weighted by Crippen LogP contribution is -2.40. The summed E-state index contributed by atoms with van der Waals surface area (Å²) < 4.78 is 30.7. The molecule has 2 rings (SSSR count). The van der Waals surface area contributed by atoms with Gasteiger partial charge < -0.3 is 15.0 Å². The van der Waals surface area contributed by atoms with E-state index in [1.807, 2.05) is 19.1 Å². The zero-order valence-corrected chi connectivity index (χ0v) is 19.4. The Morgan fingerprint density at radius 1 is 1.30 bits per heavy atom. The quantitative estimate of drug-likeness (QED) is 0.242. The number of nitrogens with zero attached hydrogens (tertiary/aromatic N) is 2. The molecule has 1 heterocycles. The number of halogens is 1. The lowest BCUT2D eigenvalue weighted by Gasteiger charge is -2.22. The number of likely N-dealkylation sites (tertiary alicyclic amines) is 1. The summed E-state index contributed by atoms with van der Waals surface area (Å²) in [6.45, 7) is 7.02. The molecule has 1 aromatic carbocycles. The van der Waals surface area contributed by atoms with Crippen LogP contribution in [0.4, 0.5) is 0 Å². The van der Waals surface area contributed by atoms with E-state index in [-0.39, 0.29) is 29.7 Å². The molecule has 1 saturated heterocycles. The van der Waals surface area contributed by atoms with Crippen molar-refractivity contribution < 1.29 is 13.2 Å². The zero-order chi connectivity index (χ0) is 19.0. The van der Waals surface area contributed by atoms with Crippen molar-refractivity contribution in [2.75, 3.05) is 45.6 Å². The topological polar surface area (TPSA) is 83.0 Å². The lowest BCUT2D eigenvalue weighted by atomic mass is 9.98. The molecule has 27 heavy (non-hydrogen) atoms. The number of hydrogen-bond acceptors (Lipinski definition) is 4. The van der Waals surface area contributed by atoms with Gasteiger partial charge in [-0.2, -0.15) is 0 Å². The van der Waals surface area contributed by atoms with Gasteiger partial charge in [0, 0.05) is 32.1 Å². The molecular weight excluding hydrogens is 479 g/mol. The standard InChI is InChI=1S/C18H30N4O3S.HI/c1-4-19-18(20-11-12-21-26(23,24)5-2)22-13-10-16(14-22)15-6-8-17(25-3)9-7-15;/h6-9,16,21H,4-5,10-14H2,1-3H3,(H,19,20);1H. The van der Waals surface area contributed by atoms with Crippen molar-refractivity contribution in [3.63, 3.8) is 0 Å². The molecule has 1 aliphatic heterocycles. The highest BCUT2D eigenvalue weighted by Crippen LogP contribution is 2.28. The third-order valence-electron chi connectivity index (χ3n) is 4.49. The second-order valence-corrected chi connectivity index (χ2v) is 8.33. The average molecular weight is 510 g/mol. The summed E-state index contributed by atoms with van der Waals surface area (Å²) in [7, 11) is -1.49. The average Bonchev–Trinajstić information content (AvgIpc) is 3.14. The minimum Gasteiger partial charge on any atom is -0.497 e. The monoisotopic (exact) mass is 510 g/mol. The Morgan fingerprint density at radius 2 is 2.00 bits per heavy atom. The van der Waals surface area contributed by atoms with Crippen molar-refractivity contribution in [3.8, 4) is 5.75 Å². The first-order valence-electron chi connectivity index (χ1n) is 9.13. The van der Waals surface area contributed by atoms with Crippen LogP contribution < -0.4 is 14.8 Å². The number of nitrogens with one attached hydrogen (secondary N) is 2. The summed E-state index contributed by atoms with van der Waals surface area (Å²) in [5.74, 6) is 2.27. The van der Waals surface area contributed by atoms with Crippen LogP contribution in [0.15, 0.2) is 29.3 Å². The van der Waals surface area contributed by atoms with E-state index < -0.39 is 10.0 Å². The van der Waals surface area contributed by atoms with Crippen LogP contribution in [-0.4, -0.2) is 64.9 Å². The fourth-order valence-electron chi connectivity index (χ4n) is 2.99. The van der Waals surface area contributed by atoms with Crippen LogP contribution in [0.2, 0.25) is 0 Å². The summed E-state index contributed by atoms with van der Waals surface area (Å²) in [6, 6.07) is 8.24. The number of guanidine groups is 1. The molecule has 1 unspecified atom stereocenters. The van der Waals surface area contributed by atoms with E-state index in [9.17, 15) is 8.42 Å². The van der Waals surface area contributed by atoms with E-state index in [0.29, 0.717) is 19.0 Å². The first kappa shape index (κ1) is 24.0. The molecule has 154 valence electrons. The molecule has 0 aliphatic carbocycles. The Balaban J connectivity index is 0.00000364. The zero-order valence-electron chi connectivity index (χ0n) is 16.3. The van der Waals surface area contributed by atoms with Crippen molar-refractivity contribution in [3.05, 3.63) is 29.8 Å². The highest BCUT2D eigenvalue weighted by Gasteiger charge is 2.26. The van der Waals surface area contributed by atoms with Gasteiger partial charge in [-0.3, -0.25) is 4.99 Å². The molecule has 0 bridgehead atoms. The van der Waals surface area contributed by atoms with Gasteiger partial charge >= 0.3 is 0 Å². The molecule has 0 amide bonds. The number of sulfonamides is 1. The summed E-state index contributed by atoms with van der Waals surface area (Å²) in [5, 5.41) is 3.31. The van der Waals surface area contributed by atoms with Gasteiger partial charge in [0.05, 0.1) is 19.4 Å². The van der Waals surface area contributed by atoms with E-state index in [2.05, 4.69) is 32.1 Å². The number of aliphatic imine (C=N–C) groups is 1. The lowest BCUT2D eigenvalue weighted by molar-refractivity contribution is 0.414. The van der Waals surface area contributed by atoms with E-state index in [1.165, 1.54) is 5.56 Å². The SMILES string of the molecule is CCNC(=NCCNS(=O)(=O)CC)N1CCC(c2ccc(OC)cc2)C1.I. The van der Waals surface area contributed by atoms with Crippen molar-refractivity contribution >= 4 is 40.0 Å². The van der Waals surface area contributed by atoms with E-state index in [1.54, 1.807) is 14.0 Å². The van der Waals surface area contributed by atoms with Crippen LogP contribution in [0.25, 0.3) is 0 Å². The van der Waals surface area contributed by atoms with Gasteiger partial charge in [-0.05, 0) is 38.0 Å². The maximum absolute atomic E-state index is 11.5. The maximum atomic E-state index is 11.5. The molecule has 1 fully saturated rings. The van der Waals surface area contributed by atoms with Crippen molar-refractivity contribution in [1.29, 1.82) is 0 Å². The highest BCUT2D eigenvalue weighted by atomic mass is 127. The fraction of sp³-hybridized carbons (Fsp3) is 0.611. The van der Waals surface area contributed by atoms with Gasteiger partial charge in [0.25, 0.3) is 0 Å². The molecule has 1 aliphatic rings. The highest BCUT2D eigenvalue weighted by molar-refractivity contribution is 14.0. The molecule has 0 radical (unpaired) electrons. The number of methoxy groups -OCH3 is 1. The smallest absolute Gasteiger partial charge is 0.211 e.